The summed E-state index contributed by atoms with van der Waals surface area (Å²) >= 11 is 0. The Balaban J connectivity index is 1.48. The Labute approximate surface area is 154 Å². The Kier molecular flexibility index (Phi) is 6.39. The molecule has 2 aromatic rings. The number of carbonyl (C=O) groups is 1. The van der Waals surface area contributed by atoms with Crippen LogP contribution in [-0.2, 0) is 16.1 Å². The SMILES string of the molecule is CCOC(=O)/C=C/c1ccc(N[C@@H]2CCN(Cc3ccccc3)C2)nc1. The number of nitrogens with one attached hydrogen (secondary N) is 1. The summed E-state index contributed by atoms with van der Waals surface area (Å²) < 4.78 is 4.87. The number of hydrogen-bond acceptors (Lipinski definition) is 5. The lowest BCUT2D eigenvalue weighted by atomic mass is 10.2. The van der Waals surface area contributed by atoms with Gasteiger partial charge in [-0.3, -0.25) is 4.90 Å². The normalized spacial score (nSPS) is 17.5. The van der Waals surface area contributed by atoms with Crippen LogP contribution in [0.2, 0.25) is 0 Å². The van der Waals surface area contributed by atoms with Gasteiger partial charge in [-0.1, -0.05) is 30.3 Å². The van der Waals surface area contributed by atoms with E-state index in [1.54, 1.807) is 19.2 Å². The van der Waals surface area contributed by atoms with Gasteiger partial charge in [0.05, 0.1) is 6.61 Å². The van der Waals surface area contributed by atoms with Crippen molar-refractivity contribution in [2.75, 3.05) is 25.0 Å². The minimum Gasteiger partial charge on any atom is -0.463 e. The van der Waals surface area contributed by atoms with Gasteiger partial charge in [0.2, 0.25) is 0 Å². The van der Waals surface area contributed by atoms with E-state index in [0.29, 0.717) is 12.6 Å². The van der Waals surface area contributed by atoms with Crippen molar-refractivity contribution in [1.82, 2.24) is 9.88 Å². The van der Waals surface area contributed by atoms with Crippen molar-refractivity contribution < 1.29 is 9.53 Å². The zero-order valence-corrected chi connectivity index (χ0v) is 15.1. The van der Waals surface area contributed by atoms with Crippen molar-refractivity contribution >= 4 is 17.9 Å². The van der Waals surface area contributed by atoms with E-state index in [1.165, 1.54) is 11.6 Å². The smallest absolute Gasteiger partial charge is 0.330 e. The standard InChI is InChI=1S/C21H25N3O2/c1-2-26-21(25)11-9-17-8-10-20(22-14-17)23-19-12-13-24(16-19)15-18-6-4-3-5-7-18/h3-11,14,19H,2,12-13,15-16H2,1H3,(H,22,23)/b11-9+/t19-/m1/s1. The van der Waals surface area contributed by atoms with Gasteiger partial charge in [-0.25, -0.2) is 9.78 Å². The highest BCUT2D eigenvalue weighted by atomic mass is 16.5. The molecule has 1 aromatic carbocycles. The van der Waals surface area contributed by atoms with Crippen molar-refractivity contribution in [2.24, 2.45) is 0 Å². The van der Waals surface area contributed by atoms with Crippen LogP contribution in [0, 0.1) is 0 Å². The molecule has 1 aromatic heterocycles. The summed E-state index contributed by atoms with van der Waals surface area (Å²) in [6.07, 6.45) is 6.01. The summed E-state index contributed by atoms with van der Waals surface area (Å²) in [5.41, 5.74) is 2.23. The monoisotopic (exact) mass is 351 g/mol. The average molecular weight is 351 g/mol. The van der Waals surface area contributed by atoms with Crippen molar-refractivity contribution in [3.63, 3.8) is 0 Å². The zero-order chi connectivity index (χ0) is 18.2. The highest BCUT2D eigenvalue weighted by Crippen LogP contribution is 2.17. The fraction of sp³-hybridized carbons (Fsp3) is 0.333. The lowest BCUT2D eigenvalue weighted by Gasteiger charge is -2.17. The number of pyridine rings is 1. The molecule has 26 heavy (non-hydrogen) atoms. The van der Waals surface area contributed by atoms with Gasteiger partial charge in [0.1, 0.15) is 5.82 Å². The van der Waals surface area contributed by atoms with Crippen LogP contribution >= 0.6 is 0 Å². The third kappa shape index (κ3) is 5.43. The fourth-order valence-electron chi connectivity index (χ4n) is 3.09. The topological polar surface area (TPSA) is 54.5 Å². The number of carbonyl (C=O) groups excluding carboxylic acids is 1. The fourth-order valence-corrected chi connectivity index (χ4v) is 3.09. The van der Waals surface area contributed by atoms with Gasteiger partial charge in [0, 0.05) is 37.9 Å². The summed E-state index contributed by atoms with van der Waals surface area (Å²) in [4.78, 5) is 18.2. The maximum Gasteiger partial charge on any atom is 0.330 e. The van der Waals surface area contributed by atoms with E-state index in [-0.39, 0.29) is 5.97 Å². The Morgan fingerprint density at radius 1 is 1.31 bits per heavy atom. The number of rotatable bonds is 7. The average Bonchev–Trinajstić information content (AvgIpc) is 3.09. The van der Waals surface area contributed by atoms with Gasteiger partial charge in [0.15, 0.2) is 0 Å². The van der Waals surface area contributed by atoms with Crippen molar-refractivity contribution in [3.8, 4) is 0 Å². The Bertz CT molecular complexity index is 729. The summed E-state index contributed by atoms with van der Waals surface area (Å²) in [5, 5.41) is 3.50. The Hall–Kier alpha value is -2.66. The number of hydrogen-bond donors (Lipinski definition) is 1. The molecule has 0 saturated carbocycles. The Morgan fingerprint density at radius 3 is 2.88 bits per heavy atom. The number of ether oxygens (including phenoxy) is 1. The molecule has 0 spiro atoms. The van der Waals surface area contributed by atoms with Crippen molar-refractivity contribution in [1.29, 1.82) is 0 Å². The lowest BCUT2D eigenvalue weighted by Crippen LogP contribution is -2.26. The van der Waals surface area contributed by atoms with Crippen LogP contribution in [0.5, 0.6) is 0 Å². The minimum atomic E-state index is -0.334. The molecule has 1 fully saturated rings. The first-order chi connectivity index (χ1) is 12.7. The van der Waals surface area contributed by atoms with E-state index in [0.717, 1.165) is 37.4 Å². The number of aromatic nitrogens is 1. The van der Waals surface area contributed by atoms with Crippen LogP contribution in [0.4, 0.5) is 5.82 Å². The predicted molar refractivity (Wildman–Crippen MR) is 104 cm³/mol. The van der Waals surface area contributed by atoms with Crippen LogP contribution in [0.25, 0.3) is 6.08 Å². The van der Waals surface area contributed by atoms with Gasteiger partial charge in [-0.2, -0.15) is 0 Å². The second-order valence-electron chi connectivity index (χ2n) is 6.41. The highest BCUT2D eigenvalue weighted by molar-refractivity contribution is 5.86. The number of benzene rings is 1. The molecular formula is C21H25N3O2. The minimum absolute atomic E-state index is 0.334. The van der Waals surface area contributed by atoms with Crippen molar-refractivity contribution in [3.05, 3.63) is 65.9 Å². The second-order valence-corrected chi connectivity index (χ2v) is 6.41. The molecule has 0 aliphatic carbocycles. The Morgan fingerprint density at radius 2 is 2.15 bits per heavy atom. The first-order valence-corrected chi connectivity index (χ1v) is 9.06. The maximum atomic E-state index is 11.3. The molecule has 2 heterocycles. The van der Waals surface area contributed by atoms with Gasteiger partial charge in [-0.15, -0.1) is 0 Å². The lowest BCUT2D eigenvalue weighted by molar-refractivity contribution is -0.137. The molecule has 3 rings (SSSR count). The molecule has 5 heteroatoms. The van der Waals surface area contributed by atoms with E-state index < -0.39 is 0 Å². The molecule has 1 aliphatic rings. The second kappa shape index (κ2) is 9.15. The largest absolute Gasteiger partial charge is 0.463 e. The van der Waals surface area contributed by atoms with E-state index in [1.807, 2.05) is 12.1 Å². The van der Waals surface area contributed by atoms with Gasteiger partial charge in [0.25, 0.3) is 0 Å². The first kappa shape index (κ1) is 18.1. The van der Waals surface area contributed by atoms with Crippen LogP contribution in [0.1, 0.15) is 24.5 Å². The summed E-state index contributed by atoms with van der Waals surface area (Å²) in [6, 6.07) is 14.9. The zero-order valence-electron chi connectivity index (χ0n) is 15.1. The van der Waals surface area contributed by atoms with Crippen molar-refractivity contribution in [2.45, 2.75) is 25.9 Å². The van der Waals surface area contributed by atoms with E-state index in [2.05, 4.69) is 45.5 Å². The molecule has 0 radical (unpaired) electrons. The summed E-state index contributed by atoms with van der Waals surface area (Å²) in [6.45, 7) is 5.27. The number of nitrogens with zero attached hydrogens (tertiary/aromatic N) is 2. The van der Waals surface area contributed by atoms with E-state index >= 15 is 0 Å². The third-order valence-electron chi connectivity index (χ3n) is 4.36. The number of anilines is 1. The first-order valence-electron chi connectivity index (χ1n) is 9.06. The molecule has 136 valence electrons. The van der Waals surface area contributed by atoms with E-state index in [9.17, 15) is 4.79 Å². The molecule has 0 amide bonds. The van der Waals surface area contributed by atoms with Gasteiger partial charge < -0.3 is 10.1 Å². The predicted octanol–water partition coefficient (Wildman–Crippen LogP) is 3.34. The van der Waals surface area contributed by atoms with Crippen LogP contribution in [0.3, 0.4) is 0 Å². The molecule has 0 unspecified atom stereocenters. The van der Waals surface area contributed by atoms with Crippen LogP contribution in [0.15, 0.2) is 54.7 Å². The maximum absolute atomic E-state index is 11.3. The summed E-state index contributed by atoms with van der Waals surface area (Å²) in [5.74, 6) is 0.531. The number of likely N-dealkylation sites (tertiary alicyclic amines) is 1. The molecule has 1 saturated heterocycles. The van der Waals surface area contributed by atoms with E-state index in [4.69, 9.17) is 4.74 Å². The van der Waals surface area contributed by atoms with Crippen LogP contribution < -0.4 is 5.32 Å². The molecule has 1 aliphatic heterocycles. The molecule has 1 atom stereocenters. The number of esters is 1. The molecule has 0 bridgehead atoms. The third-order valence-corrected chi connectivity index (χ3v) is 4.36. The quantitative estimate of drug-likeness (QED) is 0.612. The molecule has 1 N–H and O–H groups in total. The van der Waals surface area contributed by atoms with Gasteiger partial charge >= 0.3 is 5.97 Å². The van der Waals surface area contributed by atoms with Crippen LogP contribution in [-0.4, -0.2) is 41.6 Å². The summed E-state index contributed by atoms with van der Waals surface area (Å²) in [7, 11) is 0. The molecular weight excluding hydrogens is 326 g/mol. The highest BCUT2D eigenvalue weighted by Gasteiger charge is 2.22. The molecule has 5 nitrogen and oxygen atoms in total. The van der Waals surface area contributed by atoms with Gasteiger partial charge in [-0.05, 0) is 42.7 Å².